The lowest BCUT2D eigenvalue weighted by Crippen LogP contribution is -2.26. The third-order valence-electron chi connectivity index (χ3n) is 3.91. The van der Waals surface area contributed by atoms with Crippen LogP contribution in [0.5, 0.6) is 0 Å². The molecule has 32 heavy (non-hydrogen) atoms. The summed E-state index contributed by atoms with van der Waals surface area (Å²) < 4.78 is 52.0. The second kappa shape index (κ2) is 8.57. The predicted octanol–water partition coefficient (Wildman–Crippen LogP) is -1.72. The van der Waals surface area contributed by atoms with Gasteiger partial charge in [0.15, 0.2) is 11.2 Å². The summed E-state index contributed by atoms with van der Waals surface area (Å²) in [6.07, 6.45) is -3.89. The first-order valence-corrected chi connectivity index (χ1v) is 12.7. The molecule has 1 aliphatic heterocycles. The molecule has 19 nitrogen and oxygen atoms in total. The number of aliphatic hydroxyl groups is 1. The Morgan fingerprint density at radius 2 is 1.78 bits per heavy atom. The van der Waals surface area contributed by atoms with Gasteiger partial charge in [-0.15, -0.1) is 0 Å². The summed E-state index contributed by atoms with van der Waals surface area (Å²) in [5, 5.41) is 10.2. The first kappa shape index (κ1) is 24.9. The molecule has 0 radical (unpaired) electrons. The molecule has 0 aromatic carbocycles. The third-order valence-corrected chi connectivity index (χ3v) is 7.71. The summed E-state index contributed by atoms with van der Waals surface area (Å²) in [6.45, 7) is -0.885. The van der Waals surface area contributed by atoms with Crippen LogP contribution in [0.3, 0.4) is 0 Å². The van der Waals surface area contributed by atoms with Gasteiger partial charge in [-0.1, -0.05) is 0 Å². The Kier molecular flexibility index (Phi) is 6.67. The van der Waals surface area contributed by atoms with Crippen molar-refractivity contribution in [2.75, 3.05) is 18.1 Å². The summed E-state index contributed by atoms with van der Waals surface area (Å²) in [4.78, 5) is 57.5. The van der Waals surface area contributed by atoms with Gasteiger partial charge in [0.25, 0.3) is 5.56 Å². The zero-order valence-corrected chi connectivity index (χ0v) is 18.2. The van der Waals surface area contributed by atoms with Gasteiger partial charge < -0.3 is 40.9 Å². The number of H-pyrrole nitrogens is 1. The number of phosphoric acid groups is 3. The molecule has 2 aromatic heterocycles. The summed E-state index contributed by atoms with van der Waals surface area (Å²) in [5.41, 5.74) is 10.4. The number of aliphatic hydroxyl groups excluding tert-OH is 1. The Labute approximate surface area is 176 Å². The average molecular weight is 522 g/mol. The predicted molar refractivity (Wildman–Crippen MR) is 101 cm³/mol. The molecule has 10 N–H and O–H groups in total. The highest BCUT2D eigenvalue weighted by Gasteiger charge is 2.43. The highest BCUT2D eigenvalue weighted by molar-refractivity contribution is 7.66. The molecule has 3 rings (SSSR count). The Bertz CT molecular complexity index is 1220. The Hall–Kier alpha value is -1.72. The van der Waals surface area contributed by atoms with Crippen LogP contribution in [0.1, 0.15) is 12.6 Å². The van der Waals surface area contributed by atoms with Gasteiger partial charge in [0.05, 0.1) is 12.7 Å². The molecule has 5 atom stereocenters. The molecule has 0 amide bonds. The Balaban J connectivity index is 1.71. The number of rotatable bonds is 8. The van der Waals surface area contributed by atoms with E-state index in [0.717, 1.165) is 4.57 Å². The van der Waals surface area contributed by atoms with Gasteiger partial charge in [-0.3, -0.25) is 18.9 Å². The molecule has 3 heterocycles. The monoisotopic (exact) mass is 522 g/mol. The smallest absolute Gasteiger partial charge is 0.390 e. The number of fused-ring (bicyclic) bond motifs is 1. The number of nitrogens with two attached hydrogens (primary N) is 2. The van der Waals surface area contributed by atoms with Crippen molar-refractivity contribution in [3.8, 4) is 0 Å². The second-order valence-electron chi connectivity index (χ2n) is 6.28. The van der Waals surface area contributed by atoms with E-state index in [1.807, 2.05) is 0 Å². The molecular formula is C10H17N6O13P3. The van der Waals surface area contributed by atoms with Crippen LogP contribution >= 0.6 is 23.5 Å². The lowest BCUT2D eigenvalue weighted by atomic mass is 10.2. The van der Waals surface area contributed by atoms with Crippen molar-refractivity contribution in [2.24, 2.45) is 0 Å². The molecule has 2 unspecified atom stereocenters. The van der Waals surface area contributed by atoms with Crippen LogP contribution in [0.2, 0.25) is 0 Å². The van der Waals surface area contributed by atoms with E-state index in [1.54, 1.807) is 0 Å². The number of anilines is 2. The number of aromatic nitrogens is 4. The number of nitrogens with one attached hydrogen (secondary N) is 1. The number of phosphoric ester groups is 1. The van der Waals surface area contributed by atoms with E-state index < -0.39 is 54.1 Å². The highest BCUT2D eigenvalue weighted by Crippen LogP contribution is 2.66. The minimum atomic E-state index is -5.69. The van der Waals surface area contributed by atoms with Gasteiger partial charge in [0.2, 0.25) is 11.9 Å². The first-order chi connectivity index (χ1) is 14.6. The normalized spacial score (nSPS) is 25.6. The molecule has 0 saturated carbocycles. The van der Waals surface area contributed by atoms with Gasteiger partial charge in [-0.2, -0.15) is 13.6 Å². The van der Waals surface area contributed by atoms with Crippen LogP contribution in [-0.2, 0) is 31.6 Å². The minimum absolute atomic E-state index is 0.0607. The number of aromatic amines is 1. The third kappa shape index (κ3) is 5.79. The van der Waals surface area contributed by atoms with Gasteiger partial charge in [0, 0.05) is 6.42 Å². The molecular weight excluding hydrogens is 505 g/mol. The van der Waals surface area contributed by atoms with Crippen LogP contribution in [-0.4, -0.2) is 63.0 Å². The highest BCUT2D eigenvalue weighted by atomic mass is 31.3. The standard InChI is InChI=1S/C10H17N6O13P3/c11-9-14-7-6(8(18)15-9)13-10(12)16(7)5-1-3(17)4(27-5)2-26-31(22,23)29-32(24,25)28-30(19,20)21/h3-5,17H,1-2H2,(H2,12,13)(H,22,23)(H,24,25)(H2,19,20,21)(H3,11,14,15,18)/t3-,4+,5+/m0/s1. The Morgan fingerprint density at radius 1 is 1.12 bits per heavy atom. The van der Waals surface area contributed by atoms with Gasteiger partial charge in [-0.05, 0) is 0 Å². The largest absolute Gasteiger partial charge is 0.490 e. The molecule has 22 heteroatoms. The van der Waals surface area contributed by atoms with Crippen LogP contribution < -0.4 is 17.0 Å². The van der Waals surface area contributed by atoms with E-state index in [4.69, 9.17) is 30.9 Å². The molecule has 1 fully saturated rings. The average Bonchev–Trinajstić information content (AvgIpc) is 3.09. The summed E-state index contributed by atoms with van der Waals surface area (Å²) in [6, 6.07) is 0. The maximum absolute atomic E-state index is 11.9. The maximum atomic E-state index is 11.9. The van der Waals surface area contributed by atoms with Crippen LogP contribution in [0.15, 0.2) is 4.79 Å². The van der Waals surface area contributed by atoms with Crippen molar-refractivity contribution in [1.29, 1.82) is 0 Å². The topological polar surface area (TPSA) is 305 Å². The SMILES string of the molecule is Nc1nc2c(nc(N)n2[C@H]2C[C@H](O)[C@@H](COP(=O)(O)OP(=O)(O)OP(=O)(O)O)O2)c(=O)[nH]1. The van der Waals surface area contributed by atoms with Crippen molar-refractivity contribution in [3.05, 3.63) is 10.4 Å². The van der Waals surface area contributed by atoms with E-state index in [2.05, 4.69) is 28.1 Å². The maximum Gasteiger partial charge on any atom is 0.490 e. The van der Waals surface area contributed by atoms with Gasteiger partial charge in [0.1, 0.15) is 12.3 Å². The molecule has 1 saturated heterocycles. The van der Waals surface area contributed by atoms with Crippen molar-refractivity contribution in [2.45, 2.75) is 24.9 Å². The van der Waals surface area contributed by atoms with Crippen LogP contribution in [0.25, 0.3) is 11.2 Å². The number of nitrogens with zero attached hydrogens (tertiary/aromatic N) is 3. The zero-order chi connectivity index (χ0) is 24.1. The van der Waals surface area contributed by atoms with E-state index in [0.29, 0.717) is 0 Å². The molecule has 180 valence electrons. The van der Waals surface area contributed by atoms with Crippen LogP contribution in [0.4, 0.5) is 11.9 Å². The summed E-state index contributed by atoms with van der Waals surface area (Å²) in [7, 11) is -16.6. The fraction of sp³-hybridized carbons (Fsp3) is 0.500. The van der Waals surface area contributed by atoms with Gasteiger partial charge in [-0.25, -0.2) is 18.7 Å². The second-order valence-corrected chi connectivity index (χ2v) is 10.7. The molecule has 1 aliphatic rings. The molecule has 0 aliphatic carbocycles. The molecule has 0 bridgehead atoms. The Morgan fingerprint density at radius 3 is 2.41 bits per heavy atom. The number of hydrogen-bond donors (Lipinski definition) is 8. The summed E-state index contributed by atoms with van der Waals surface area (Å²) >= 11 is 0. The van der Waals surface area contributed by atoms with Crippen molar-refractivity contribution in [1.82, 2.24) is 19.5 Å². The number of hydrogen-bond acceptors (Lipinski definition) is 13. The fourth-order valence-electron chi connectivity index (χ4n) is 2.80. The quantitative estimate of drug-likeness (QED) is 0.179. The van der Waals surface area contributed by atoms with Crippen molar-refractivity contribution in [3.63, 3.8) is 0 Å². The van der Waals surface area contributed by atoms with E-state index in [1.165, 1.54) is 0 Å². The fourth-order valence-corrected chi connectivity index (χ4v) is 5.83. The molecule has 0 spiro atoms. The van der Waals surface area contributed by atoms with E-state index in [-0.39, 0.29) is 29.5 Å². The number of ether oxygens (including phenoxy) is 1. The van der Waals surface area contributed by atoms with Crippen molar-refractivity contribution < 1.29 is 56.3 Å². The zero-order valence-electron chi connectivity index (χ0n) is 15.5. The van der Waals surface area contributed by atoms with E-state index >= 15 is 0 Å². The summed E-state index contributed by atoms with van der Waals surface area (Å²) in [5.74, 6) is -0.458. The number of imidazole rings is 1. The van der Waals surface area contributed by atoms with Gasteiger partial charge >= 0.3 is 23.5 Å². The van der Waals surface area contributed by atoms with E-state index in [9.17, 15) is 28.5 Å². The lowest BCUT2D eigenvalue weighted by Gasteiger charge is -2.19. The van der Waals surface area contributed by atoms with Crippen LogP contribution in [0, 0.1) is 0 Å². The van der Waals surface area contributed by atoms with Crippen molar-refractivity contribution >= 4 is 46.5 Å². The first-order valence-electron chi connectivity index (χ1n) is 8.22. The molecule has 2 aromatic rings. The number of nitrogen functional groups attached to an aromatic ring is 2. The lowest BCUT2D eigenvalue weighted by molar-refractivity contribution is -0.0416. The minimum Gasteiger partial charge on any atom is -0.390 e.